The number of nitrogens with two attached hydrogens (primary N) is 1. The molecule has 1 aliphatic heterocycles. The van der Waals surface area contributed by atoms with Crippen molar-refractivity contribution in [2.45, 2.75) is 19.5 Å². The minimum Gasteiger partial charge on any atom is -0.399 e. The first-order chi connectivity index (χ1) is 12.0. The van der Waals surface area contributed by atoms with Gasteiger partial charge in [-0.15, -0.1) is 0 Å². The summed E-state index contributed by atoms with van der Waals surface area (Å²) >= 11 is 0. The minimum absolute atomic E-state index is 0.0717. The van der Waals surface area contributed by atoms with Gasteiger partial charge in [0.25, 0.3) is 0 Å². The molecule has 4 rings (SSSR count). The lowest BCUT2D eigenvalue weighted by Gasteiger charge is -2.19. The number of fused-ring (bicyclic) bond motifs is 1. The number of nitrogen functional groups attached to an aromatic ring is 1. The molecule has 1 aliphatic rings. The zero-order valence-electron chi connectivity index (χ0n) is 14.4. The topological polar surface area (TPSA) is 81.1 Å². The van der Waals surface area contributed by atoms with Crippen molar-refractivity contribution >= 4 is 22.5 Å². The molecule has 0 saturated carbocycles. The number of imidazole rings is 1. The second kappa shape index (κ2) is 5.93. The monoisotopic (exact) mass is 338 g/mol. The Balaban J connectivity index is 1.88. The molecule has 7 heteroatoms. The van der Waals surface area contributed by atoms with Gasteiger partial charge in [-0.25, -0.2) is 9.78 Å². The SMILES string of the molecule is CC1CN(c2ccnc3c2n(Cc2cccc(N)c2)c(=O)n3C)CN1. The van der Waals surface area contributed by atoms with Crippen LogP contribution in [0.2, 0.25) is 0 Å². The first-order valence-corrected chi connectivity index (χ1v) is 8.41. The van der Waals surface area contributed by atoms with Crippen LogP contribution in [-0.4, -0.2) is 33.4 Å². The van der Waals surface area contributed by atoms with Crippen molar-refractivity contribution in [3.63, 3.8) is 0 Å². The van der Waals surface area contributed by atoms with Crippen molar-refractivity contribution < 1.29 is 0 Å². The summed E-state index contributed by atoms with van der Waals surface area (Å²) < 4.78 is 3.40. The molecule has 3 aromatic rings. The highest BCUT2D eigenvalue weighted by atomic mass is 16.1. The second-order valence-corrected chi connectivity index (χ2v) is 6.66. The Morgan fingerprint density at radius 1 is 1.36 bits per heavy atom. The van der Waals surface area contributed by atoms with Crippen molar-refractivity contribution in [2.75, 3.05) is 23.8 Å². The molecule has 25 heavy (non-hydrogen) atoms. The first-order valence-electron chi connectivity index (χ1n) is 8.41. The predicted octanol–water partition coefficient (Wildman–Crippen LogP) is 1.12. The van der Waals surface area contributed by atoms with E-state index in [-0.39, 0.29) is 5.69 Å². The molecule has 0 bridgehead atoms. The van der Waals surface area contributed by atoms with E-state index in [9.17, 15) is 4.79 Å². The van der Waals surface area contributed by atoms with E-state index in [1.54, 1.807) is 22.4 Å². The Bertz CT molecular complexity index is 989. The van der Waals surface area contributed by atoms with Gasteiger partial charge in [0.05, 0.1) is 18.9 Å². The standard InChI is InChI=1S/C18H22N6O/c1-12-9-23(11-21-12)15-6-7-20-17-16(15)24(18(25)22(17)2)10-13-4-3-5-14(19)8-13/h3-8,12,21H,9-11,19H2,1-2H3. The number of pyridine rings is 1. The summed E-state index contributed by atoms with van der Waals surface area (Å²) in [6.07, 6.45) is 1.77. The van der Waals surface area contributed by atoms with Crippen LogP contribution in [0.25, 0.3) is 11.2 Å². The molecule has 130 valence electrons. The summed E-state index contributed by atoms with van der Waals surface area (Å²) in [5, 5.41) is 3.43. The normalized spacial score (nSPS) is 17.5. The number of aryl methyl sites for hydroxylation is 1. The number of benzene rings is 1. The van der Waals surface area contributed by atoms with Gasteiger partial charge in [-0.2, -0.15) is 0 Å². The van der Waals surface area contributed by atoms with E-state index in [2.05, 4.69) is 22.1 Å². The largest absolute Gasteiger partial charge is 0.399 e. The highest BCUT2D eigenvalue weighted by molar-refractivity contribution is 5.87. The van der Waals surface area contributed by atoms with Gasteiger partial charge >= 0.3 is 5.69 Å². The van der Waals surface area contributed by atoms with Gasteiger partial charge in [0.2, 0.25) is 0 Å². The molecule has 0 radical (unpaired) electrons. The number of nitrogens with one attached hydrogen (secondary N) is 1. The number of nitrogens with zero attached hydrogens (tertiary/aromatic N) is 4. The Hall–Kier alpha value is -2.80. The summed E-state index contributed by atoms with van der Waals surface area (Å²) in [5.41, 5.74) is 10.1. The maximum Gasteiger partial charge on any atom is 0.330 e. The maximum absolute atomic E-state index is 12.8. The van der Waals surface area contributed by atoms with Crippen LogP contribution >= 0.6 is 0 Å². The molecule has 0 spiro atoms. The van der Waals surface area contributed by atoms with Crippen LogP contribution in [0.3, 0.4) is 0 Å². The van der Waals surface area contributed by atoms with Crippen LogP contribution < -0.4 is 21.6 Å². The summed E-state index contributed by atoms with van der Waals surface area (Å²) in [5.74, 6) is 0. The fourth-order valence-corrected chi connectivity index (χ4v) is 3.49. The zero-order valence-corrected chi connectivity index (χ0v) is 14.4. The van der Waals surface area contributed by atoms with Crippen LogP contribution in [0.5, 0.6) is 0 Å². The Labute approximate surface area is 145 Å². The molecule has 1 unspecified atom stereocenters. The lowest BCUT2D eigenvalue weighted by Crippen LogP contribution is -2.25. The molecular weight excluding hydrogens is 316 g/mol. The number of hydrogen-bond donors (Lipinski definition) is 2. The average Bonchev–Trinajstić information content (AvgIpc) is 3.13. The Morgan fingerprint density at radius 3 is 2.92 bits per heavy atom. The van der Waals surface area contributed by atoms with Gasteiger partial charge in [-0.3, -0.25) is 14.5 Å². The minimum atomic E-state index is -0.0717. The van der Waals surface area contributed by atoms with Crippen LogP contribution in [0.4, 0.5) is 11.4 Å². The fourth-order valence-electron chi connectivity index (χ4n) is 3.49. The lowest BCUT2D eigenvalue weighted by atomic mass is 10.2. The molecule has 1 fully saturated rings. The Kier molecular flexibility index (Phi) is 3.73. The molecule has 0 aliphatic carbocycles. The molecule has 1 saturated heterocycles. The predicted molar refractivity (Wildman–Crippen MR) is 99.7 cm³/mol. The van der Waals surface area contributed by atoms with E-state index in [4.69, 9.17) is 5.73 Å². The van der Waals surface area contributed by atoms with E-state index in [0.717, 1.165) is 30.0 Å². The van der Waals surface area contributed by atoms with Gasteiger partial charge in [0.15, 0.2) is 5.65 Å². The van der Waals surface area contributed by atoms with E-state index < -0.39 is 0 Å². The third-order valence-electron chi connectivity index (χ3n) is 4.75. The van der Waals surface area contributed by atoms with Gasteiger partial charge in [-0.1, -0.05) is 12.1 Å². The van der Waals surface area contributed by atoms with Crippen LogP contribution in [0, 0.1) is 0 Å². The summed E-state index contributed by atoms with van der Waals surface area (Å²) in [4.78, 5) is 19.5. The average molecular weight is 338 g/mol. The van der Waals surface area contributed by atoms with Gasteiger partial charge < -0.3 is 10.6 Å². The molecule has 7 nitrogen and oxygen atoms in total. The van der Waals surface area contributed by atoms with Gasteiger partial charge in [-0.05, 0) is 30.7 Å². The highest BCUT2D eigenvalue weighted by Gasteiger charge is 2.23. The van der Waals surface area contributed by atoms with Crippen molar-refractivity contribution in [1.82, 2.24) is 19.4 Å². The van der Waals surface area contributed by atoms with Crippen LogP contribution in [0.1, 0.15) is 12.5 Å². The molecular formula is C18H22N6O. The first kappa shape index (κ1) is 15.7. The van der Waals surface area contributed by atoms with Crippen molar-refractivity contribution in [1.29, 1.82) is 0 Å². The number of anilines is 2. The van der Waals surface area contributed by atoms with Crippen molar-refractivity contribution in [2.24, 2.45) is 7.05 Å². The van der Waals surface area contributed by atoms with E-state index in [1.807, 2.05) is 30.3 Å². The highest BCUT2D eigenvalue weighted by Crippen LogP contribution is 2.26. The quantitative estimate of drug-likeness (QED) is 0.700. The van der Waals surface area contributed by atoms with E-state index in [1.165, 1.54) is 0 Å². The molecule has 3 heterocycles. The molecule has 2 aromatic heterocycles. The smallest absolute Gasteiger partial charge is 0.330 e. The third kappa shape index (κ3) is 2.66. The lowest BCUT2D eigenvalue weighted by molar-refractivity contribution is 0.692. The zero-order chi connectivity index (χ0) is 17.6. The summed E-state index contributed by atoms with van der Waals surface area (Å²) in [6, 6.07) is 10.0. The van der Waals surface area contributed by atoms with Gasteiger partial charge in [0, 0.05) is 31.5 Å². The van der Waals surface area contributed by atoms with Crippen LogP contribution in [0.15, 0.2) is 41.3 Å². The van der Waals surface area contributed by atoms with Crippen molar-refractivity contribution in [3.05, 3.63) is 52.6 Å². The number of rotatable bonds is 3. The van der Waals surface area contributed by atoms with Crippen molar-refractivity contribution in [3.8, 4) is 0 Å². The second-order valence-electron chi connectivity index (χ2n) is 6.66. The number of hydrogen-bond acceptors (Lipinski definition) is 5. The molecule has 0 amide bonds. The van der Waals surface area contributed by atoms with E-state index in [0.29, 0.717) is 23.9 Å². The molecule has 1 aromatic carbocycles. The Morgan fingerprint density at radius 2 is 2.20 bits per heavy atom. The third-order valence-corrected chi connectivity index (χ3v) is 4.75. The summed E-state index contributed by atoms with van der Waals surface area (Å²) in [6.45, 7) is 4.29. The molecule has 1 atom stereocenters. The maximum atomic E-state index is 12.8. The fraction of sp³-hybridized carbons (Fsp3) is 0.333. The summed E-state index contributed by atoms with van der Waals surface area (Å²) in [7, 11) is 1.77. The van der Waals surface area contributed by atoms with Crippen LogP contribution in [-0.2, 0) is 13.6 Å². The number of aromatic nitrogens is 3. The molecule has 3 N–H and O–H groups in total. The van der Waals surface area contributed by atoms with E-state index >= 15 is 0 Å². The van der Waals surface area contributed by atoms with Gasteiger partial charge in [0.1, 0.15) is 5.52 Å².